The second-order valence-corrected chi connectivity index (χ2v) is 8.90. The second kappa shape index (κ2) is 11.2. The van der Waals surface area contributed by atoms with E-state index in [4.69, 9.17) is 14.2 Å². The minimum Gasteiger partial charge on any atom is -0.493 e. The fourth-order valence-corrected chi connectivity index (χ4v) is 4.60. The lowest BCUT2D eigenvalue weighted by Crippen LogP contribution is -2.38. The van der Waals surface area contributed by atoms with E-state index in [0.29, 0.717) is 29.5 Å². The molecule has 34 heavy (non-hydrogen) atoms. The molecule has 0 spiro atoms. The SMILES string of the molecule is C=CCOc1cccc(NC(=O)CN(c2ccccc2)S(=O)(=O)c2ccc(OC)c(OC)c2)c1. The largest absolute Gasteiger partial charge is 0.493 e. The van der Waals surface area contributed by atoms with E-state index in [1.165, 1.54) is 32.4 Å². The summed E-state index contributed by atoms with van der Waals surface area (Å²) < 4.78 is 44.1. The normalized spacial score (nSPS) is 10.8. The molecule has 0 heterocycles. The average Bonchev–Trinajstić information content (AvgIpc) is 2.86. The molecule has 1 amide bonds. The van der Waals surface area contributed by atoms with Crippen molar-refractivity contribution >= 4 is 27.3 Å². The van der Waals surface area contributed by atoms with Crippen molar-refractivity contribution in [3.8, 4) is 17.2 Å². The summed E-state index contributed by atoms with van der Waals surface area (Å²) in [4.78, 5) is 12.9. The molecule has 178 valence electrons. The molecule has 1 N–H and O–H groups in total. The van der Waals surface area contributed by atoms with Gasteiger partial charge in [-0.25, -0.2) is 8.42 Å². The quantitative estimate of drug-likeness (QED) is 0.414. The average molecular weight is 483 g/mol. The Morgan fingerprint density at radius 2 is 1.71 bits per heavy atom. The lowest BCUT2D eigenvalue weighted by Gasteiger charge is -2.24. The summed E-state index contributed by atoms with van der Waals surface area (Å²) >= 11 is 0. The Hall–Kier alpha value is -3.98. The van der Waals surface area contributed by atoms with Crippen LogP contribution in [0.4, 0.5) is 11.4 Å². The number of benzene rings is 3. The number of carbonyl (C=O) groups excluding carboxylic acids is 1. The van der Waals surface area contributed by atoms with Gasteiger partial charge in [0.2, 0.25) is 5.91 Å². The second-order valence-electron chi connectivity index (χ2n) is 7.04. The summed E-state index contributed by atoms with van der Waals surface area (Å²) in [5.41, 5.74) is 0.818. The van der Waals surface area contributed by atoms with Crippen molar-refractivity contribution in [2.24, 2.45) is 0 Å². The number of hydrogen-bond donors (Lipinski definition) is 1. The summed E-state index contributed by atoms with van der Waals surface area (Å²) in [6, 6.07) is 19.5. The van der Waals surface area contributed by atoms with Crippen LogP contribution >= 0.6 is 0 Å². The summed E-state index contributed by atoms with van der Waals surface area (Å²) in [5.74, 6) is 0.686. The molecule has 3 aromatic carbocycles. The fraction of sp³-hybridized carbons (Fsp3) is 0.160. The first kappa shape index (κ1) is 24.7. The monoisotopic (exact) mass is 482 g/mol. The molecule has 8 nitrogen and oxygen atoms in total. The molecule has 0 aromatic heterocycles. The highest BCUT2D eigenvalue weighted by Gasteiger charge is 2.28. The number of methoxy groups -OCH3 is 2. The molecule has 0 unspecified atom stereocenters. The van der Waals surface area contributed by atoms with Crippen molar-refractivity contribution in [3.05, 3.63) is 85.5 Å². The molecule has 0 aliphatic heterocycles. The summed E-state index contributed by atoms with van der Waals surface area (Å²) in [6.45, 7) is 3.48. The number of carbonyl (C=O) groups is 1. The van der Waals surface area contributed by atoms with Gasteiger partial charge in [0.05, 0.1) is 24.8 Å². The lowest BCUT2D eigenvalue weighted by molar-refractivity contribution is -0.114. The predicted octanol–water partition coefficient (Wildman–Crippen LogP) is 4.10. The van der Waals surface area contributed by atoms with Crippen LogP contribution in [0.2, 0.25) is 0 Å². The summed E-state index contributed by atoms with van der Waals surface area (Å²) in [7, 11) is -1.24. The maximum absolute atomic E-state index is 13.6. The van der Waals surface area contributed by atoms with Gasteiger partial charge in [0.25, 0.3) is 10.0 Å². The number of hydrogen-bond acceptors (Lipinski definition) is 6. The van der Waals surface area contributed by atoms with Gasteiger partial charge in [-0.3, -0.25) is 9.10 Å². The van der Waals surface area contributed by atoms with E-state index in [-0.39, 0.29) is 10.6 Å². The first-order valence-corrected chi connectivity index (χ1v) is 11.8. The van der Waals surface area contributed by atoms with Gasteiger partial charge in [-0.2, -0.15) is 0 Å². The highest BCUT2D eigenvalue weighted by Crippen LogP contribution is 2.32. The Kier molecular flexibility index (Phi) is 8.15. The molecule has 0 saturated carbocycles. The first-order valence-electron chi connectivity index (χ1n) is 10.3. The van der Waals surface area contributed by atoms with E-state index >= 15 is 0 Å². The van der Waals surface area contributed by atoms with E-state index in [0.717, 1.165) is 4.31 Å². The highest BCUT2D eigenvalue weighted by atomic mass is 32.2. The third-order valence-electron chi connectivity index (χ3n) is 4.76. The summed E-state index contributed by atoms with van der Waals surface area (Å²) in [5, 5.41) is 2.73. The Labute approximate surface area is 199 Å². The molecule has 0 saturated heterocycles. The van der Waals surface area contributed by atoms with Gasteiger partial charge in [-0.1, -0.05) is 36.9 Å². The van der Waals surface area contributed by atoms with E-state index in [1.54, 1.807) is 60.7 Å². The van der Waals surface area contributed by atoms with Gasteiger partial charge in [0.15, 0.2) is 11.5 Å². The molecule has 0 fully saturated rings. The van der Waals surface area contributed by atoms with Gasteiger partial charge in [0.1, 0.15) is 18.9 Å². The highest BCUT2D eigenvalue weighted by molar-refractivity contribution is 7.92. The van der Waals surface area contributed by atoms with Crippen molar-refractivity contribution in [1.29, 1.82) is 0 Å². The molecule has 3 rings (SSSR count). The van der Waals surface area contributed by atoms with Crippen LogP contribution in [0, 0.1) is 0 Å². The molecule has 0 aliphatic carbocycles. The number of rotatable bonds is 11. The van der Waals surface area contributed by atoms with Crippen LogP contribution in [0.3, 0.4) is 0 Å². The third-order valence-corrected chi connectivity index (χ3v) is 6.53. The standard InChI is InChI=1S/C25H26N2O6S/c1-4-15-33-21-12-8-9-19(16-21)26-25(28)18-27(20-10-6-5-7-11-20)34(29,30)22-13-14-23(31-2)24(17-22)32-3/h4-14,16-17H,1,15,18H2,2-3H3,(H,26,28). The van der Waals surface area contributed by atoms with Crippen LogP contribution in [-0.4, -0.2) is 41.7 Å². The van der Waals surface area contributed by atoms with Crippen LogP contribution in [0.1, 0.15) is 0 Å². The van der Waals surface area contributed by atoms with Gasteiger partial charge in [-0.15, -0.1) is 0 Å². The van der Waals surface area contributed by atoms with E-state index < -0.39 is 22.5 Å². The van der Waals surface area contributed by atoms with E-state index in [2.05, 4.69) is 11.9 Å². The lowest BCUT2D eigenvalue weighted by atomic mass is 10.3. The summed E-state index contributed by atoms with van der Waals surface area (Å²) in [6.07, 6.45) is 1.61. The van der Waals surface area contributed by atoms with Crippen molar-refractivity contribution < 1.29 is 27.4 Å². The number of sulfonamides is 1. The van der Waals surface area contributed by atoms with Crippen LogP contribution in [0.25, 0.3) is 0 Å². The Balaban J connectivity index is 1.90. The predicted molar refractivity (Wildman–Crippen MR) is 131 cm³/mol. The van der Waals surface area contributed by atoms with Crippen LogP contribution in [0.15, 0.2) is 90.3 Å². The third kappa shape index (κ3) is 5.87. The number of para-hydroxylation sites is 1. The molecular formula is C25H26N2O6S. The first-order chi connectivity index (χ1) is 16.4. The molecule has 0 aliphatic rings. The van der Waals surface area contributed by atoms with Crippen molar-refractivity contribution in [1.82, 2.24) is 0 Å². The number of anilines is 2. The van der Waals surface area contributed by atoms with E-state index in [9.17, 15) is 13.2 Å². The molecule has 0 bridgehead atoms. The van der Waals surface area contributed by atoms with Crippen LogP contribution < -0.4 is 23.8 Å². The maximum Gasteiger partial charge on any atom is 0.264 e. The molecule has 9 heteroatoms. The molecule has 3 aromatic rings. The maximum atomic E-state index is 13.6. The molecule has 0 radical (unpaired) electrons. The number of amides is 1. The zero-order valence-corrected chi connectivity index (χ0v) is 19.7. The van der Waals surface area contributed by atoms with Crippen molar-refractivity contribution in [2.45, 2.75) is 4.90 Å². The molecule has 0 atom stereocenters. The Morgan fingerprint density at radius 3 is 2.38 bits per heavy atom. The van der Waals surface area contributed by atoms with Crippen molar-refractivity contribution in [2.75, 3.05) is 37.0 Å². The zero-order valence-electron chi connectivity index (χ0n) is 18.9. The van der Waals surface area contributed by atoms with E-state index in [1.807, 2.05) is 0 Å². The number of ether oxygens (including phenoxy) is 3. The minimum absolute atomic E-state index is 0.0402. The van der Waals surface area contributed by atoms with Gasteiger partial charge in [0, 0.05) is 17.8 Å². The Bertz CT molecular complexity index is 1250. The zero-order chi connectivity index (χ0) is 24.6. The van der Waals surface area contributed by atoms with Crippen molar-refractivity contribution in [3.63, 3.8) is 0 Å². The van der Waals surface area contributed by atoms with Gasteiger partial charge in [-0.05, 0) is 36.4 Å². The number of nitrogens with zero attached hydrogens (tertiary/aromatic N) is 1. The Morgan fingerprint density at radius 1 is 0.971 bits per heavy atom. The van der Waals surface area contributed by atoms with Gasteiger partial charge < -0.3 is 19.5 Å². The van der Waals surface area contributed by atoms with Crippen LogP contribution in [0.5, 0.6) is 17.2 Å². The van der Waals surface area contributed by atoms with Gasteiger partial charge >= 0.3 is 0 Å². The topological polar surface area (TPSA) is 94.2 Å². The smallest absolute Gasteiger partial charge is 0.264 e. The fourth-order valence-electron chi connectivity index (χ4n) is 3.16. The van der Waals surface area contributed by atoms with Crippen LogP contribution in [-0.2, 0) is 14.8 Å². The number of nitrogens with one attached hydrogen (secondary N) is 1. The minimum atomic E-state index is -4.12. The molecular weight excluding hydrogens is 456 g/mol.